The van der Waals surface area contributed by atoms with E-state index in [2.05, 4.69) is 4.74 Å². The van der Waals surface area contributed by atoms with E-state index in [1.165, 1.54) is 7.11 Å². The molecule has 0 aliphatic carbocycles. The molecule has 0 bridgehead atoms. The van der Waals surface area contributed by atoms with E-state index >= 15 is 0 Å². The first kappa shape index (κ1) is 22.3. The normalized spacial score (nSPS) is 12.4. The van der Waals surface area contributed by atoms with Crippen LogP contribution in [-0.4, -0.2) is 59.0 Å². The fourth-order valence-electron chi connectivity index (χ4n) is 1.88. The van der Waals surface area contributed by atoms with Crippen molar-refractivity contribution in [2.24, 2.45) is 0 Å². The number of carbonyl (C=O) groups excluding carboxylic acids is 1. The number of nitrogens with one attached hydrogen (secondary N) is 1. The Hall–Kier alpha value is -1.79. The van der Waals surface area contributed by atoms with Crippen LogP contribution < -0.4 is 4.72 Å². The van der Waals surface area contributed by atoms with Crippen LogP contribution in [0, 0.1) is 0 Å². The van der Waals surface area contributed by atoms with Crippen molar-refractivity contribution in [1.82, 2.24) is 9.62 Å². The Balaban J connectivity index is 2.85. The molecule has 1 N–H and O–H groups in total. The molecule has 12 heteroatoms. The lowest BCUT2D eigenvalue weighted by Crippen LogP contribution is -2.43. The van der Waals surface area contributed by atoms with Crippen molar-refractivity contribution in [3.8, 4) is 0 Å². The third-order valence-corrected chi connectivity index (χ3v) is 4.56. The maximum atomic E-state index is 12.7. The minimum atomic E-state index is -4.74. The van der Waals surface area contributed by atoms with Gasteiger partial charge in [0.2, 0.25) is 15.9 Å². The van der Waals surface area contributed by atoms with Gasteiger partial charge < -0.3 is 9.64 Å². The highest BCUT2D eigenvalue weighted by atomic mass is 32.2. The molecule has 0 radical (unpaired) electrons. The summed E-state index contributed by atoms with van der Waals surface area (Å²) in [5, 5.41) is 0. The molecule has 1 rings (SSSR count). The zero-order chi connectivity index (χ0) is 20.0. The Morgan fingerprint density at radius 2 is 1.96 bits per heavy atom. The highest BCUT2D eigenvalue weighted by Gasteiger charge is 2.31. The fraction of sp³-hybridized carbons (Fsp3) is 0.500. The molecule has 0 saturated heterocycles. The van der Waals surface area contributed by atoms with Crippen LogP contribution in [0.4, 0.5) is 22.0 Å². The smallest absolute Gasteiger partial charge is 0.383 e. The number of amides is 1. The molecule has 0 atom stereocenters. The van der Waals surface area contributed by atoms with E-state index in [1.54, 1.807) is 0 Å². The number of hydrogen-bond acceptors (Lipinski definition) is 4. The average Bonchev–Trinajstić information content (AvgIpc) is 2.55. The van der Waals surface area contributed by atoms with Crippen molar-refractivity contribution in [3.63, 3.8) is 0 Å². The van der Waals surface area contributed by atoms with E-state index in [1.807, 2.05) is 4.72 Å². The molecule has 148 valence electrons. The molecule has 0 aromatic heterocycles. The number of nitrogens with zero attached hydrogens (tertiary/aromatic N) is 1. The van der Waals surface area contributed by atoms with Crippen LogP contribution in [-0.2, 0) is 25.7 Å². The maximum Gasteiger partial charge on any atom is 0.416 e. The first-order chi connectivity index (χ1) is 12.0. The second kappa shape index (κ2) is 9.24. The molecule has 1 aromatic rings. The van der Waals surface area contributed by atoms with E-state index in [0.29, 0.717) is 17.0 Å². The number of methoxy groups -OCH3 is 1. The lowest BCUT2D eigenvalue weighted by atomic mass is 10.2. The van der Waals surface area contributed by atoms with Crippen LogP contribution >= 0.6 is 0 Å². The van der Waals surface area contributed by atoms with E-state index in [9.17, 15) is 35.2 Å². The summed E-state index contributed by atoms with van der Waals surface area (Å²) < 4.78 is 93.5. The zero-order valence-corrected chi connectivity index (χ0v) is 14.4. The van der Waals surface area contributed by atoms with Crippen molar-refractivity contribution < 1.29 is 39.9 Å². The molecular weight excluding hydrogens is 387 g/mol. The topological polar surface area (TPSA) is 75.7 Å². The summed E-state index contributed by atoms with van der Waals surface area (Å²) in [5.41, 5.74) is -1.17. The Kier molecular flexibility index (Phi) is 7.90. The molecule has 0 unspecified atom stereocenters. The van der Waals surface area contributed by atoms with Gasteiger partial charge in [0.25, 0.3) is 6.43 Å². The van der Waals surface area contributed by atoms with Crippen molar-refractivity contribution in [2.75, 3.05) is 33.4 Å². The number of benzene rings is 1. The predicted molar refractivity (Wildman–Crippen MR) is 81.1 cm³/mol. The summed E-state index contributed by atoms with van der Waals surface area (Å²) in [6.07, 6.45) is -7.58. The number of ether oxygens (including phenoxy) is 1. The molecule has 26 heavy (non-hydrogen) atoms. The Labute approximate surface area is 147 Å². The van der Waals surface area contributed by atoms with Crippen LogP contribution in [0.1, 0.15) is 5.56 Å². The van der Waals surface area contributed by atoms with Crippen molar-refractivity contribution in [2.45, 2.75) is 17.5 Å². The van der Waals surface area contributed by atoms with Gasteiger partial charge in [-0.2, -0.15) is 13.2 Å². The summed E-state index contributed by atoms with van der Waals surface area (Å²) in [5.74, 6) is -0.960. The van der Waals surface area contributed by atoms with Gasteiger partial charge in [-0.1, -0.05) is 6.07 Å². The quantitative estimate of drug-likeness (QED) is 0.636. The number of rotatable bonds is 9. The second-order valence-corrected chi connectivity index (χ2v) is 6.84. The minimum absolute atomic E-state index is 0.0428. The molecule has 0 fully saturated rings. The van der Waals surface area contributed by atoms with Gasteiger partial charge in [0.15, 0.2) is 0 Å². The van der Waals surface area contributed by atoms with Crippen LogP contribution in [0.15, 0.2) is 29.2 Å². The number of alkyl halides is 5. The van der Waals surface area contributed by atoms with Crippen molar-refractivity contribution in [1.29, 1.82) is 0 Å². The van der Waals surface area contributed by atoms with Gasteiger partial charge in [-0.3, -0.25) is 4.79 Å². The number of halogens is 5. The van der Waals surface area contributed by atoms with Gasteiger partial charge in [-0.15, -0.1) is 0 Å². The monoisotopic (exact) mass is 404 g/mol. The third-order valence-electron chi connectivity index (χ3n) is 3.16. The van der Waals surface area contributed by atoms with Crippen LogP contribution in [0.2, 0.25) is 0 Å². The van der Waals surface area contributed by atoms with Crippen LogP contribution in [0.3, 0.4) is 0 Å². The van der Waals surface area contributed by atoms with E-state index in [4.69, 9.17) is 0 Å². The van der Waals surface area contributed by atoms with E-state index in [0.717, 1.165) is 12.1 Å². The predicted octanol–water partition coefficient (Wildman–Crippen LogP) is 1.72. The maximum absolute atomic E-state index is 12.7. The lowest BCUT2D eigenvalue weighted by molar-refractivity contribution is -0.137. The van der Waals surface area contributed by atoms with Gasteiger partial charge in [-0.05, 0) is 18.2 Å². The SMILES string of the molecule is COCCN(CC(F)F)C(=O)CNS(=O)(=O)c1cccc(C(F)(F)F)c1. The van der Waals surface area contributed by atoms with Crippen molar-refractivity contribution in [3.05, 3.63) is 29.8 Å². The third kappa shape index (κ3) is 6.84. The fourth-order valence-corrected chi connectivity index (χ4v) is 2.90. The molecule has 0 aliphatic heterocycles. The van der Waals surface area contributed by atoms with Crippen LogP contribution in [0.5, 0.6) is 0 Å². The summed E-state index contributed by atoms with van der Waals surface area (Å²) in [6, 6.07) is 2.93. The largest absolute Gasteiger partial charge is 0.416 e. The molecule has 1 amide bonds. The molecule has 0 heterocycles. The highest BCUT2D eigenvalue weighted by molar-refractivity contribution is 7.89. The van der Waals surface area contributed by atoms with Gasteiger partial charge in [0, 0.05) is 13.7 Å². The second-order valence-electron chi connectivity index (χ2n) is 5.07. The molecular formula is C14H17F5N2O4S. The Morgan fingerprint density at radius 1 is 1.31 bits per heavy atom. The molecule has 0 aliphatic rings. The van der Waals surface area contributed by atoms with E-state index in [-0.39, 0.29) is 13.2 Å². The summed E-state index contributed by atoms with van der Waals surface area (Å²) in [6.45, 7) is -2.04. The van der Waals surface area contributed by atoms with E-state index < -0.39 is 52.1 Å². The first-order valence-corrected chi connectivity index (χ1v) is 8.67. The highest BCUT2D eigenvalue weighted by Crippen LogP contribution is 2.30. The Morgan fingerprint density at radius 3 is 2.50 bits per heavy atom. The summed E-state index contributed by atoms with van der Waals surface area (Å²) in [4.78, 5) is 11.9. The molecule has 0 saturated carbocycles. The molecule has 0 spiro atoms. The number of hydrogen-bond donors (Lipinski definition) is 1. The summed E-state index contributed by atoms with van der Waals surface area (Å²) >= 11 is 0. The van der Waals surface area contributed by atoms with Gasteiger partial charge in [0.1, 0.15) is 0 Å². The van der Waals surface area contributed by atoms with Crippen LogP contribution in [0.25, 0.3) is 0 Å². The van der Waals surface area contributed by atoms with Gasteiger partial charge >= 0.3 is 6.18 Å². The first-order valence-electron chi connectivity index (χ1n) is 7.19. The number of sulfonamides is 1. The lowest BCUT2D eigenvalue weighted by Gasteiger charge is -2.22. The summed E-state index contributed by atoms with van der Waals surface area (Å²) in [7, 11) is -3.14. The standard InChI is InChI=1S/C14H17F5N2O4S/c1-25-6-5-21(9-12(15)16)13(22)8-20-26(23,24)11-4-2-3-10(7-11)14(17,18)19/h2-4,7,12,20H,5-6,8-9H2,1H3. The zero-order valence-electron chi connectivity index (χ0n) is 13.6. The van der Waals surface area contributed by atoms with Gasteiger partial charge in [0.05, 0.1) is 30.2 Å². The molecule has 6 nitrogen and oxygen atoms in total. The Bertz CT molecular complexity index is 710. The minimum Gasteiger partial charge on any atom is -0.383 e. The van der Waals surface area contributed by atoms with Crippen molar-refractivity contribution >= 4 is 15.9 Å². The average molecular weight is 404 g/mol. The number of carbonyl (C=O) groups is 1. The molecule has 1 aromatic carbocycles. The van der Waals surface area contributed by atoms with Gasteiger partial charge in [-0.25, -0.2) is 21.9 Å².